The molecule has 1 N–H and O–H groups in total. The molecule has 94 valence electrons. The molecule has 1 aromatic carbocycles. The molecule has 0 aliphatic carbocycles. The minimum absolute atomic E-state index is 0.204. The molecule has 0 spiro atoms. The van der Waals surface area contributed by atoms with Gasteiger partial charge in [0, 0.05) is 4.90 Å². The molecule has 0 fully saturated rings. The fourth-order valence-electron chi connectivity index (χ4n) is 1.52. The summed E-state index contributed by atoms with van der Waals surface area (Å²) in [5, 5.41) is 2.66. The van der Waals surface area contributed by atoms with Gasteiger partial charge in [0.05, 0.1) is 11.3 Å². The maximum Gasteiger partial charge on any atom is 0.301 e. The Bertz CT molecular complexity index is 551. The van der Waals surface area contributed by atoms with E-state index in [-0.39, 0.29) is 11.9 Å². The summed E-state index contributed by atoms with van der Waals surface area (Å²) in [6, 6.07) is 7.68. The molecule has 1 aromatic heterocycles. The number of hydrogen-bond donors (Lipinski definition) is 1. The predicted octanol–water partition coefficient (Wildman–Crippen LogP) is 3.21. The monoisotopic (exact) mass is 262 g/mol. The Kier molecular flexibility index (Phi) is 4.04. The molecular weight excluding hydrogens is 248 g/mol. The first-order valence-corrected chi connectivity index (χ1v) is 6.85. The summed E-state index contributed by atoms with van der Waals surface area (Å²) in [7, 11) is 0. The number of carbonyl (C=O) groups excluding carboxylic acids is 1. The number of hydrogen-bond acceptors (Lipinski definition) is 4. The minimum atomic E-state index is -0.204. The minimum Gasteiger partial charge on any atom is -0.432 e. The number of carbonyl (C=O) groups is 1. The average Bonchev–Trinajstić information content (AvgIpc) is 2.86. The Morgan fingerprint density at radius 1 is 1.44 bits per heavy atom. The number of aromatic nitrogens is 1. The van der Waals surface area contributed by atoms with Crippen LogP contribution in [-0.2, 0) is 6.42 Å². The van der Waals surface area contributed by atoms with Gasteiger partial charge < -0.3 is 4.42 Å². The lowest BCUT2D eigenvalue weighted by Crippen LogP contribution is -2.13. The van der Waals surface area contributed by atoms with E-state index in [1.54, 1.807) is 12.3 Å². The highest BCUT2D eigenvalue weighted by Gasteiger charge is 2.13. The quantitative estimate of drug-likeness (QED) is 0.860. The van der Waals surface area contributed by atoms with Gasteiger partial charge in [0.2, 0.25) is 0 Å². The lowest BCUT2D eigenvalue weighted by molar-refractivity contribution is 0.102. The van der Waals surface area contributed by atoms with Gasteiger partial charge in [-0.05, 0) is 24.8 Å². The molecule has 2 rings (SSSR count). The molecule has 5 heteroatoms. The van der Waals surface area contributed by atoms with Crippen LogP contribution in [0, 0.1) is 0 Å². The van der Waals surface area contributed by atoms with Crippen molar-refractivity contribution in [2.45, 2.75) is 18.2 Å². The normalized spacial score (nSPS) is 10.3. The van der Waals surface area contributed by atoms with Gasteiger partial charge in [-0.25, -0.2) is 0 Å². The Morgan fingerprint density at radius 2 is 2.22 bits per heavy atom. The first kappa shape index (κ1) is 12.7. The molecular formula is C13H14N2O2S. The van der Waals surface area contributed by atoms with Crippen molar-refractivity contribution < 1.29 is 9.21 Å². The van der Waals surface area contributed by atoms with Crippen molar-refractivity contribution in [2.75, 3.05) is 11.6 Å². The first-order chi connectivity index (χ1) is 8.74. The van der Waals surface area contributed by atoms with Crippen LogP contribution in [0.3, 0.4) is 0 Å². The van der Waals surface area contributed by atoms with Crippen molar-refractivity contribution in [1.82, 2.24) is 4.98 Å². The molecule has 0 saturated carbocycles. The molecule has 0 atom stereocenters. The van der Waals surface area contributed by atoms with Crippen molar-refractivity contribution in [1.29, 1.82) is 0 Å². The number of oxazole rings is 1. The fraction of sp³-hybridized carbons (Fsp3) is 0.231. The second-order valence-electron chi connectivity index (χ2n) is 3.65. The third-order valence-electron chi connectivity index (χ3n) is 2.49. The third-order valence-corrected chi connectivity index (χ3v) is 3.28. The van der Waals surface area contributed by atoms with Gasteiger partial charge >= 0.3 is 6.01 Å². The van der Waals surface area contributed by atoms with Crippen LogP contribution in [0.15, 0.2) is 39.8 Å². The van der Waals surface area contributed by atoms with Crippen molar-refractivity contribution >= 4 is 23.7 Å². The van der Waals surface area contributed by atoms with Crippen LogP contribution < -0.4 is 5.32 Å². The van der Waals surface area contributed by atoms with E-state index in [0.29, 0.717) is 5.56 Å². The topological polar surface area (TPSA) is 55.1 Å². The van der Waals surface area contributed by atoms with Gasteiger partial charge in [-0.1, -0.05) is 19.1 Å². The van der Waals surface area contributed by atoms with E-state index in [1.807, 2.05) is 31.4 Å². The second kappa shape index (κ2) is 5.73. The summed E-state index contributed by atoms with van der Waals surface area (Å²) in [4.78, 5) is 17.1. The van der Waals surface area contributed by atoms with Gasteiger partial charge in [0.1, 0.15) is 6.26 Å². The van der Waals surface area contributed by atoms with Crippen molar-refractivity contribution in [3.8, 4) is 0 Å². The molecule has 0 bridgehead atoms. The maximum atomic E-state index is 12.1. The van der Waals surface area contributed by atoms with E-state index in [1.165, 1.54) is 11.8 Å². The number of amides is 1. The molecule has 0 unspecified atom stereocenters. The Hall–Kier alpha value is -1.75. The van der Waals surface area contributed by atoms with Crippen LogP contribution in [0.5, 0.6) is 0 Å². The van der Waals surface area contributed by atoms with Gasteiger partial charge in [-0.2, -0.15) is 4.98 Å². The summed E-state index contributed by atoms with van der Waals surface area (Å²) >= 11 is 1.53. The number of aryl methyl sites for hydroxylation is 1. The predicted molar refractivity (Wildman–Crippen MR) is 72.1 cm³/mol. The number of anilines is 1. The number of nitrogens with one attached hydrogen (secondary N) is 1. The fourth-order valence-corrected chi connectivity index (χ4v) is 2.12. The van der Waals surface area contributed by atoms with Crippen molar-refractivity contribution in [2.24, 2.45) is 0 Å². The summed E-state index contributed by atoms with van der Waals surface area (Å²) < 4.78 is 5.17. The van der Waals surface area contributed by atoms with E-state index in [9.17, 15) is 4.79 Å². The molecule has 0 aliphatic heterocycles. The zero-order chi connectivity index (χ0) is 13.0. The van der Waals surface area contributed by atoms with E-state index in [4.69, 9.17) is 4.42 Å². The maximum absolute atomic E-state index is 12.1. The highest BCUT2D eigenvalue weighted by atomic mass is 32.2. The average molecular weight is 262 g/mol. The van der Waals surface area contributed by atoms with Gasteiger partial charge in [-0.3, -0.25) is 10.1 Å². The van der Waals surface area contributed by atoms with E-state index in [0.717, 1.165) is 17.0 Å². The van der Waals surface area contributed by atoms with Crippen LogP contribution in [0.4, 0.5) is 6.01 Å². The molecule has 0 aliphatic rings. The van der Waals surface area contributed by atoms with Crippen LogP contribution >= 0.6 is 11.8 Å². The smallest absolute Gasteiger partial charge is 0.301 e. The highest BCUT2D eigenvalue weighted by molar-refractivity contribution is 7.98. The molecule has 1 heterocycles. The van der Waals surface area contributed by atoms with Crippen LogP contribution in [0.2, 0.25) is 0 Å². The van der Waals surface area contributed by atoms with Gasteiger partial charge in [0.25, 0.3) is 5.91 Å². The van der Waals surface area contributed by atoms with Gasteiger partial charge in [-0.15, -0.1) is 11.8 Å². The molecule has 0 saturated heterocycles. The summed E-state index contributed by atoms with van der Waals surface area (Å²) in [5.74, 6) is -0.204. The summed E-state index contributed by atoms with van der Waals surface area (Å²) in [6.45, 7) is 1.98. The lowest BCUT2D eigenvalue weighted by Gasteiger charge is -2.05. The molecule has 18 heavy (non-hydrogen) atoms. The zero-order valence-electron chi connectivity index (χ0n) is 10.3. The Balaban J connectivity index is 2.16. The molecule has 0 radical (unpaired) electrons. The van der Waals surface area contributed by atoms with Crippen molar-refractivity contribution in [3.63, 3.8) is 0 Å². The zero-order valence-corrected chi connectivity index (χ0v) is 11.1. The van der Waals surface area contributed by atoms with Crippen molar-refractivity contribution in [3.05, 3.63) is 41.8 Å². The Labute approximate surface area is 110 Å². The third kappa shape index (κ3) is 2.73. The van der Waals surface area contributed by atoms with Crippen LogP contribution in [0.1, 0.15) is 23.0 Å². The summed E-state index contributed by atoms with van der Waals surface area (Å²) in [6.07, 6.45) is 4.27. The number of benzene rings is 1. The molecule has 2 aromatic rings. The first-order valence-electron chi connectivity index (χ1n) is 5.63. The number of rotatable bonds is 4. The van der Waals surface area contributed by atoms with Crippen LogP contribution in [-0.4, -0.2) is 17.1 Å². The van der Waals surface area contributed by atoms with E-state index < -0.39 is 0 Å². The highest BCUT2D eigenvalue weighted by Crippen LogP contribution is 2.21. The van der Waals surface area contributed by atoms with E-state index >= 15 is 0 Å². The van der Waals surface area contributed by atoms with Crippen LogP contribution in [0.25, 0.3) is 0 Å². The molecule has 1 amide bonds. The number of thioether (sulfide) groups is 1. The lowest BCUT2D eigenvalue weighted by atomic mass is 10.2. The second-order valence-corrected chi connectivity index (χ2v) is 4.50. The van der Waals surface area contributed by atoms with E-state index in [2.05, 4.69) is 10.3 Å². The standard InChI is InChI=1S/C13H14N2O2S/c1-3-9-8-17-13(14-9)15-12(16)10-6-4-5-7-11(10)18-2/h4-8H,3H2,1-2H3,(H,14,15,16). The largest absolute Gasteiger partial charge is 0.432 e. The number of nitrogens with zero attached hydrogens (tertiary/aromatic N) is 1. The molecule has 4 nitrogen and oxygen atoms in total. The Morgan fingerprint density at radius 3 is 2.89 bits per heavy atom. The van der Waals surface area contributed by atoms with Gasteiger partial charge in [0.15, 0.2) is 0 Å². The SMILES string of the molecule is CCc1coc(NC(=O)c2ccccc2SC)n1. The summed E-state index contributed by atoms with van der Waals surface area (Å²) in [5.41, 5.74) is 1.45.